The third-order valence-electron chi connectivity index (χ3n) is 3.52. The lowest BCUT2D eigenvalue weighted by molar-refractivity contribution is 0.0517. The molecule has 1 aliphatic carbocycles. The normalized spacial score (nSPS) is 13.8. The molecule has 0 saturated heterocycles. The molecule has 0 N–H and O–H groups in total. The Bertz CT molecular complexity index is 646. The van der Waals surface area contributed by atoms with Crippen LogP contribution in [0.25, 0.3) is 5.78 Å². The van der Waals surface area contributed by atoms with Gasteiger partial charge in [-0.2, -0.15) is 0 Å². The maximum atomic E-state index is 12.1. The van der Waals surface area contributed by atoms with Gasteiger partial charge in [0.2, 0.25) is 5.78 Å². The Labute approximate surface area is 111 Å². The number of ether oxygens (including phenoxy) is 1. The molecule has 3 rings (SSSR count). The summed E-state index contributed by atoms with van der Waals surface area (Å²) in [5.41, 5.74) is 3.63. The zero-order chi connectivity index (χ0) is 13.4. The molecule has 0 spiro atoms. The highest BCUT2D eigenvalue weighted by Crippen LogP contribution is 2.22. The summed E-state index contributed by atoms with van der Waals surface area (Å²) in [6, 6.07) is 0. The number of rotatable bonds is 3. The van der Waals surface area contributed by atoms with Crippen LogP contribution in [-0.2, 0) is 24.0 Å². The lowest BCUT2D eigenvalue weighted by atomic mass is 10.2. The van der Waals surface area contributed by atoms with Gasteiger partial charge < -0.3 is 4.74 Å². The van der Waals surface area contributed by atoms with Gasteiger partial charge in [-0.1, -0.05) is 6.92 Å². The fourth-order valence-electron chi connectivity index (χ4n) is 2.62. The van der Waals surface area contributed by atoms with Gasteiger partial charge in [0.1, 0.15) is 0 Å². The first-order valence-corrected chi connectivity index (χ1v) is 6.81. The molecule has 0 fully saturated rings. The molecule has 2 aromatic rings. The number of hydrogen-bond donors (Lipinski definition) is 0. The fourth-order valence-corrected chi connectivity index (χ4v) is 2.62. The Kier molecular flexibility index (Phi) is 2.97. The molecule has 0 aromatic carbocycles. The highest BCUT2D eigenvalue weighted by molar-refractivity contribution is 5.90. The Morgan fingerprint density at radius 1 is 1.37 bits per heavy atom. The van der Waals surface area contributed by atoms with Gasteiger partial charge in [0.25, 0.3) is 0 Å². The summed E-state index contributed by atoms with van der Waals surface area (Å²) in [4.78, 5) is 21.1. The molecule has 1 aliphatic rings. The summed E-state index contributed by atoms with van der Waals surface area (Å²) < 4.78 is 6.92. The van der Waals surface area contributed by atoms with Crippen LogP contribution in [0, 0.1) is 0 Å². The van der Waals surface area contributed by atoms with E-state index in [4.69, 9.17) is 4.74 Å². The van der Waals surface area contributed by atoms with Crippen molar-refractivity contribution in [3.05, 3.63) is 28.8 Å². The van der Waals surface area contributed by atoms with Gasteiger partial charge in [-0.3, -0.25) is 4.40 Å². The molecule has 0 amide bonds. The van der Waals surface area contributed by atoms with Crippen LogP contribution in [-0.4, -0.2) is 26.9 Å². The zero-order valence-corrected chi connectivity index (χ0v) is 11.3. The number of carbonyl (C=O) groups is 1. The Morgan fingerprint density at radius 3 is 2.95 bits per heavy atom. The zero-order valence-electron chi connectivity index (χ0n) is 11.3. The van der Waals surface area contributed by atoms with Crippen molar-refractivity contribution in [2.24, 2.45) is 0 Å². The smallest absolute Gasteiger partial charge is 0.357 e. The van der Waals surface area contributed by atoms with Crippen LogP contribution in [0.2, 0.25) is 0 Å². The number of aromatic nitrogens is 3. The number of imidazole rings is 1. The van der Waals surface area contributed by atoms with Crippen LogP contribution in [0.5, 0.6) is 0 Å². The standard InChI is InChI=1S/C14H17N3O2/c1-3-10-12(13(18)19-4-2)17-8-9-6-5-7-11(9)16-14(17)15-10/h8H,3-7H2,1-2H3. The Hall–Kier alpha value is -1.91. The van der Waals surface area contributed by atoms with Crippen molar-refractivity contribution in [3.8, 4) is 0 Å². The molecule has 0 atom stereocenters. The minimum atomic E-state index is -0.313. The predicted molar refractivity (Wildman–Crippen MR) is 70.3 cm³/mol. The van der Waals surface area contributed by atoms with Gasteiger partial charge in [0.05, 0.1) is 12.3 Å². The topological polar surface area (TPSA) is 56.5 Å². The first kappa shape index (κ1) is 12.1. The quantitative estimate of drug-likeness (QED) is 0.791. The fraction of sp³-hybridized carbons (Fsp3) is 0.500. The molecule has 2 aromatic heterocycles. The number of esters is 1. The second-order valence-electron chi connectivity index (χ2n) is 4.72. The highest BCUT2D eigenvalue weighted by Gasteiger charge is 2.22. The van der Waals surface area contributed by atoms with Gasteiger partial charge in [0.15, 0.2) is 5.69 Å². The first-order valence-electron chi connectivity index (χ1n) is 6.81. The van der Waals surface area contributed by atoms with Crippen LogP contribution in [0.4, 0.5) is 0 Å². The largest absolute Gasteiger partial charge is 0.461 e. The monoisotopic (exact) mass is 259 g/mol. The van der Waals surface area contributed by atoms with Crippen molar-refractivity contribution in [2.45, 2.75) is 39.5 Å². The van der Waals surface area contributed by atoms with Crippen molar-refractivity contribution in [1.29, 1.82) is 0 Å². The maximum Gasteiger partial charge on any atom is 0.357 e. The second kappa shape index (κ2) is 4.64. The van der Waals surface area contributed by atoms with E-state index in [1.807, 2.05) is 20.0 Å². The van der Waals surface area contributed by atoms with Crippen molar-refractivity contribution in [3.63, 3.8) is 0 Å². The van der Waals surface area contributed by atoms with E-state index in [0.717, 1.165) is 30.7 Å². The van der Waals surface area contributed by atoms with Crippen molar-refractivity contribution in [2.75, 3.05) is 6.61 Å². The van der Waals surface area contributed by atoms with Gasteiger partial charge in [0, 0.05) is 11.9 Å². The van der Waals surface area contributed by atoms with E-state index in [0.29, 0.717) is 24.5 Å². The highest BCUT2D eigenvalue weighted by atomic mass is 16.5. The van der Waals surface area contributed by atoms with Crippen LogP contribution in [0.15, 0.2) is 6.20 Å². The summed E-state index contributed by atoms with van der Waals surface area (Å²) in [6.07, 6.45) is 5.87. The lowest BCUT2D eigenvalue weighted by Crippen LogP contribution is -2.11. The van der Waals surface area contributed by atoms with Crippen LogP contribution in [0.3, 0.4) is 0 Å². The van der Waals surface area contributed by atoms with Crippen LogP contribution in [0.1, 0.15) is 47.7 Å². The summed E-state index contributed by atoms with van der Waals surface area (Å²) in [5.74, 6) is 0.298. The number of fused-ring (bicyclic) bond motifs is 2. The molecule has 5 heteroatoms. The molecule has 5 nitrogen and oxygen atoms in total. The molecule has 0 saturated carbocycles. The molecular weight excluding hydrogens is 242 g/mol. The molecule has 0 unspecified atom stereocenters. The predicted octanol–water partition coefficient (Wildman–Crippen LogP) is 1.96. The van der Waals surface area contributed by atoms with E-state index in [1.54, 1.807) is 4.40 Å². The van der Waals surface area contributed by atoms with E-state index in [-0.39, 0.29) is 5.97 Å². The maximum absolute atomic E-state index is 12.1. The lowest BCUT2D eigenvalue weighted by Gasteiger charge is -2.05. The SMILES string of the molecule is CCOC(=O)c1c(CC)nc2nc3c(cn12)CCC3. The van der Waals surface area contributed by atoms with E-state index >= 15 is 0 Å². The number of nitrogens with zero attached hydrogens (tertiary/aromatic N) is 3. The molecule has 19 heavy (non-hydrogen) atoms. The summed E-state index contributed by atoms with van der Waals surface area (Å²) in [6.45, 7) is 4.16. The number of aryl methyl sites for hydroxylation is 3. The Morgan fingerprint density at radius 2 is 2.21 bits per heavy atom. The van der Waals surface area contributed by atoms with E-state index in [1.165, 1.54) is 5.56 Å². The van der Waals surface area contributed by atoms with Crippen LogP contribution < -0.4 is 0 Å². The molecular formula is C14H17N3O2. The van der Waals surface area contributed by atoms with Gasteiger partial charge in [-0.25, -0.2) is 14.8 Å². The minimum Gasteiger partial charge on any atom is -0.461 e. The third-order valence-corrected chi connectivity index (χ3v) is 3.52. The average molecular weight is 259 g/mol. The van der Waals surface area contributed by atoms with E-state index < -0.39 is 0 Å². The second-order valence-corrected chi connectivity index (χ2v) is 4.72. The molecule has 100 valence electrons. The first-order chi connectivity index (χ1) is 9.24. The minimum absolute atomic E-state index is 0.313. The van der Waals surface area contributed by atoms with Crippen molar-refractivity contribution >= 4 is 11.7 Å². The molecule has 0 radical (unpaired) electrons. The van der Waals surface area contributed by atoms with Gasteiger partial charge in [-0.15, -0.1) is 0 Å². The van der Waals surface area contributed by atoms with Crippen molar-refractivity contribution in [1.82, 2.24) is 14.4 Å². The number of hydrogen-bond acceptors (Lipinski definition) is 4. The number of carbonyl (C=O) groups excluding carboxylic acids is 1. The van der Waals surface area contributed by atoms with Crippen LogP contribution >= 0.6 is 0 Å². The average Bonchev–Trinajstić information content (AvgIpc) is 2.98. The molecule has 0 bridgehead atoms. The summed E-state index contributed by atoms with van der Waals surface area (Å²) in [7, 11) is 0. The summed E-state index contributed by atoms with van der Waals surface area (Å²) >= 11 is 0. The Balaban J connectivity index is 2.20. The van der Waals surface area contributed by atoms with Gasteiger partial charge >= 0.3 is 5.97 Å². The molecule has 0 aliphatic heterocycles. The summed E-state index contributed by atoms with van der Waals surface area (Å²) in [5, 5.41) is 0. The third kappa shape index (κ3) is 1.89. The van der Waals surface area contributed by atoms with E-state index in [9.17, 15) is 4.79 Å². The van der Waals surface area contributed by atoms with Gasteiger partial charge in [-0.05, 0) is 38.2 Å². The molecule has 2 heterocycles. The van der Waals surface area contributed by atoms with Crippen molar-refractivity contribution < 1.29 is 9.53 Å². The van der Waals surface area contributed by atoms with E-state index in [2.05, 4.69) is 9.97 Å².